The van der Waals surface area contributed by atoms with Gasteiger partial charge in [0.25, 0.3) is 5.91 Å². The van der Waals surface area contributed by atoms with Gasteiger partial charge in [-0.3, -0.25) is 9.48 Å². The summed E-state index contributed by atoms with van der Waals surface area (Å²) in [4.78, 5) is 13.4. The fourth-order valence-electron chi connectivity index (χ4n) is 3.90. The van der Waals surface area contributed by atoms with Crippen LogP contribution in [0.1, 0.15) is 35.8 Å². The molecular weight excluding hydrogens is 459 g/mol. The van der Waals surface area contributed by atoms with Gasteiger partial charge in [-0.2, -0.15) is 9.40 Å². The summed E-state index contributed by atoms with van der Waals surface area (Å²) in [5, 5.41) is 7.16. The lowest BCUT2D eigenvalue weighted by molar-refractivity contribution is 0.0730. The zero-order chi connectivity index (χ0) is 24.5. The number of benzene rings is 2. The molecule has 34 heavy (non-hydrogen) atoms. The van der Waals surface area contributed by atoms with Crippen molar-refractivity contribution in [1.82, 2.24) is 14.1 Å². The molecule has 0 unspecified atom stereocenters. The molecule has 0 aliphatic carbocycles. The van der Waals surface area contributed by atoms with Crippen LogP contribution < -0.4 is 5.32 Å². The highest BCUT2D eigenvalue weighted by Crippen LogP contribution is 2.29. The molecule has 0 atom stereocenters. The maximum atomic E-state index is 13.5. The third-order valence-electron chi connectivity index (χ3n) is 5.68. The lowest BCUT2D eigenvalue weighted by atomic mass is 10.1. The molecule has 0 spiro atoms. The number of anilines is 1. The summed E-state index contributed by atoms with van der Waals surface area (Å²) < 4.78 is 48.2. The van der Waals surface area contributed by atoms with Crippen LogP contribution >= 0.6 is 0 Å². The largest absolute Gasteiger partial charge is 0.379 e. The summed E-state index contributed by atoms with van der Waals surface area (Å²) >= 11 is 0. The number of sulfonamides is 1. The van der Waals surface area contributed by atoms with E-state index in [-0.39, 0.29) is 29.8 Å². The van der Waals surface area contributed by atoms with E-state index in [1.807, 2.05) is 13.8 Å². The molecule has 8 nitrogen and oxygen atoms in total. The molecule has 3 aromatic rings. The maximum absolute atomic E-state index is 13.5. The van der Waals surface area contributed by atoms with Gasteiger partial charge < -0.3 is 10.1 Å². The average molecular weight is 487 g/mol. The predicted octanol–water partition coefficient (Wildman–Crippen LogP) is 3.85. The lowest BCUT2D eigenvalue weighted by Crippen LogP contribution is -2.40. The lowest BCUT2D eigenvalue weighted by Gasteiger charge is -2.26. The predicted molar refractivity (Wildman–Crippen MR) is 127 cm³/mol. The SMILES string of the molecule is Cc1ccc(NC(=O)c2cnn(C(C)C)c2-c2ccc(F)cc2)cc1S(=O)(=O)N1CCOCC1. The van der Waals surface area contributed by atoms with Gasteiger partial charge in [0.05, 0.1) is 35.6 Å². The van der Waals surface area contributed by atoms with E-state index in [4.69, 9.17) is 4.74 Å². The van der Waals surface area contributed by atoms with Crippen LogP contribution in [0.5, 0.6) is 0 Å². The second kappa shape index (κ2) is 9.65. The van der Waals surface area contributed by atoms with Crippen molar-refractivity contribution in [1.29, 1.82) is 0 Å². The first-order valence-electron chi connectivity index (χ1n) is 11.0. The standard InChI is InChI=1S/C24H27FN4O4S/c1-16(2)29-23(18-5-7-19(25)8-6-18)21(15-26-29)24(30)27-20-9-4-17(3)22(14-20)34(31,32)28-10-12-33-13-11-28/h4-9,14-16H,10-13H2,1-3H3,(H,27,30). The Labute approximate surface area is 198 Å². The molecule has 1 fully saturated rings. The monoisotopic (exact) mass is 486 g/mol. The Hall–Kier alpha value is -3.08. The van der Waals surface area contributed by atoms with Crippen molar-refractivity contribution in [3.63, 3.8) is 0 Å². The highest BCUT2D eigenvalue weighted by atomic mass is 32.2. The number of rotatable bonds is 6. The van der Waals surface area contributed by atoms with Crippen LogP contribution in [0.15, 0.2) is 53.6 Å². The second-order valence-corrected chi connectivity index (χ2v) is 10.3. The molecule has 2 heterocycles. The van der Waals surface area contributed by atoms with Gasteiger partial charge in [-0.15, -0.1) is 0 Å². The number of amides is 1. The first kappa shape index (κ1) is 24.1. The van der Waals surface area contributed by atoms with Gasteiger partial charge in [-0.25, -0.2) is 12.8 Å². The van der Waals surface area contributed by atoms with Gasteiger partial charge in [-0.1, -0.05) is 6.07 Å². The average Bonchev–Trinajstić information content (AvgIpc) is 3.27. The maximum Gasteiger partial charge on any atom is 0.259 e. The Balaban J connectivity index is 1.66. The summed E-state index contributed by atoms with van der Waals surface area (Å²) in [5.74, 6) is -0.816. The molecule has 180 valence electrons. The van der Waals surface area contributed by atoms with Crippen LogP contribution in [-0.2, 0) is 14.8 Å². The fraction of sp³-hybridized carbons (Fsp3) is 0.333. The zero-order valence-electron chi connectivity index (χ0n) is 19.3. The number of hydrogen-bond acceptors (Lipinski definition) is 5. The fourth-order valence-corrected chi connectivity index (χ4v) is 5.55. The van der Waals surface area contributed by atoms with E-state index in [0.29, 0.717) is 41.3 Å². The van der Waals surface area contributed by atoms with Crippen LogP contribution in [0, 0.1) is 12.7 Å². The van der Waals surface area contributed by atoms with Crippen molar-refractivity contribution in [3.8, 4) is 11.3 Å². The molecule has 1 saturated heterocycles. The van der Waals surface area contributed by atoms with Crippen LogP contribution in [0.3, 0.4) is 0 Å². The number of halogens is 1. The molecule has 2 aromatic carbocycles. The Morgan fingerprint density at radius 1 is 1.12 bits per heavy atom. The van der Waals surface area contributed by atoms with Crippen molar-refractivity contribution in [3.05, 3.63) is 65.6 Å². The van der Waals surface area contributed by atoms with Crippen molar-refractivity contribution in [2.45, 2.75) is 31.7 Å². The molecule has 0 saturated carbocycles. The summed E-state index contributed by atoms with van der Waals surface area (Å²) in [5.41, 5.74) is 2.45. The Kier molecular flexibility index (Phi) is 6.83. The summed E-state index contributed by atoms with van der Waals surface area (Å²) in [6.45, 7) is 6.86. The third kappa shape index (κ3) is 4.75. The van der Waals surface area contributed by atoms with Gasteiger partial charge in [0.15, 0.2) is 0 Å². The molecule has 1 aliphatic rings. The van der Waals surface area contributed by atoms with Gasteiger partial charge in [0, 0.05) is 30.4 Å². The molecule has 1 aromatic heterocycles. The molecule has 1 N–H and O–H groups in total. The minimum absolute atomic E-state index is 0.0359. The number of morpholine rings is 1. The number of aromatic nitrogens is 2. The molecule has 10 heteroatoms. The first-order valence-corrected chi connectivity index (χ1v) is 12.5. The topological polar surface area (TPSA) is 93.5 Å². The summed E-state index contributed by atoms with van der Waals surface area (Å²) in [7, 11) is -3.73. The van der Waals surface area contributed by atoms with Crippen molar-refractivity contribution < 1.29 is 22.3 Å². The third-order valence-corrected chi connectivity index (χ3v) is 7.72. The van der Waals surface area contributed by atoms with E-state index >= 15 is 0 Å². The van der Waals surface area contributed by atoms with Gasteiger partial charge >= 0.3 is 0 Å². The van der Waals surface area contributed by atoms with E-state index in [2.05, 4.69) is 10.4 Å². The molecule has 1 amide bonds. The minimum Gasteiger partial charge on any atom is -0.379 e. The quantitative estimate of drug-likeness (QED) is 0.571. The van der Waals surface area contributed by atoms with E-state index in [1.165, 1.54) is 28.7 Å². The number of carbonyl (C=O) groups excluding carboxylic acids is 1. The zero-order valence-corrected chi connectivity index (χ0v) is 20.1. The van der Waals surface area contributed by atoms with Gasteiger partial charge in [-0.05, 0) is 62.7 Å². The Bertz CT molecular complexity index is 1300. The second-order valence-electron chi connectivity index (χ2n) is 8.40. The molecule has 1 aliphatic heterocycles. The van der Waals surface area contributed by atoms with Gasteiger partial charge in [0.2, 0.25) is 10.0 Å². The van der Waals surface area contributed by atoms with Crippen molar-refractivity contribution in [2.75, 3.05) is 31.6 Å². The van der Waals surface area contributed by atoms with E-state index < -0.39 is 15.9 Å². The van der Waals surface area contributed by atoms with Gasteiger partial charge in [0.1, 0.15) is 5.82 Å². The molecule has 0 bridgehead atoms. The van der Waals surface area contributed by atoms with Crippen LogP contribution in [0.4, 0.5) is 10.1 Å². The van der Waals surface area contributed by atoms with E-state index in [9.17, 15) is 17.6 Å². The number of ether oxygens (including phenoxy) is 1. The molecular formula is C24H27FN4O4S. The number of aryl methyl sites for hydroxylation is 1. The number of carbonyl (C=O) groups is 1. The van der Waals surface area contributed by atoms with E-state index in [0.717, 1.165) is 0 Å². The van der Waals surface area contributed by atoms with Crippen molar-refractivity contribution in [2.24, 2.45) is 0 Å². The van der Waals surface area contributed by atoms with Crippen molar-refractivity contribution >= 4 is 21.6 Å². The first-order chi connectivity index (χ1) is 16.2. The molecule has 4 rings (SSSR count). The van der Waals surface area contributed by atoms with Crippen LogP contribution in [0.2, 0.25) is 0 Å². The number of nitrogens with zero attached hydrogens (tertiary/aromatic N) is 3. The number of nitrogens with one attached hydrogen (secondary N) is 1. The highest BCUT2D eigenvalue weighted by molar-refractivity contribution is 7.89. The number of hydrogen-bond donors (Lipinski definition) is 1. The normalized spacial score (nSPS) is 15.0. The smallest absolute Gasteiger partial charge is 0.259 e. The summed E-state index contributed by atoms with van der Waals surface area (Å²) in [6.07, 6.45) is 1.47. The Morgan fingerprint density at radius 2 is 1.79 bits per heavy atom. The highest BCUT2D eigenvalue weighted by Gasteiger charge is 2.28. The molecule has 0 radical (unpaired) electrons. The van der Waals surface area contributed by atoms with Crippen LogP contribution in [-0.4, -0.2) is 54.7 Å². The van der Waals surface area contributed by atoms with Crippen LogP contribution in [0.25, 0.3) is 11.3 Å². The Morgan fingerprint density at radius 3 is 2.44 bits per heavy atom. The summed E-state index contributed by atoms with van der Waals surface area (Å²) in [6, 6.07) is 10.6. The van der Waals surface area contributed by atoms with E-state index in [1.54, 1.807) is 35.9 Å². The minimum atomic E-state index is -3.73.